The Labute approximate surface area is 136 Å². The van der Waals surface area contributed by atoms with Crippen molar-refractivity contribution < 1.29 is 9.90 Å². The van der Waals surface area contributed by atoms with Crippen molar-refractivity contribution in [1.29, 1.82) is 0 Å². The van der Waals surface area contributed by atoms with Crippen LogP contribution < -0.4 is 11.3 Å². The van der Waals surface area contributed by atoms with Crippen LogP contribution in [-0.4, -0.2) is 20.6 Å². The first-order valence-corrected chi connectivity index (χ1v) is 7.77. The fraction of sp³-hybridized carbons (Fsp3) is 0.312. The number of nitrogen functional groups attached to an aromatic ring is 1. The van der Waals surface area contributed by atoms with E-state index in [0.717, 1.165) is 12.8 Å². The van der Waals surface area contributed by atoms with E-state index in [1.165, 1.54) is 10.6 Å². The molecule has 3 N–H and O–H groups in total. The number of anilines is 1. The van der Waals surface area contributed by atoms with Gasteiger partial charge in [-0.3, -0.25) is 9.36 Å². The summed E-state index contributed by atoms with van der Waals surface area (Å²) < 4.78 is 1.33. The van der Waals surface area contributed by atoms with Gasteiger partial charge in [0.25, 0.3) is 5.56 Å². The maximum Gasteiger partial charge on any atom is 0.327 e. The van der Waals surface area contributed by atoms with Crippen molar-refractivity contribution in [2.24, 2.45) is 5.92 Å². The van der Waals surface area contributed by atoms with Gasteiger partial charge in [0.2, 0.25) is 0 Å². The minimum Gasteiger partial charge on any atom is -0.480 e. The summed E-state index contributed by atoms with van der Waals surface area (Å²) in [4.78, 5) is 28.6. The molecule has 2 aromatic rings. The van der Waals surface area contributed by atoms with Gasteiger partial charge in [-0.05, 0) is 31.0 Å². The minimum absolute atomic E-state index is 0.0316. The molecule has 0 amide bonds. The standard InChI is InChI=1S/C16H14ClN3O3/c17-7-1-4-11(18)10(5-7)12-6-13(21)20-14(16(22)23)8-2-3-9(8)15(20)19-12/h1,4-6,8-9,14H,2-3,18H2,(H,22,23)/t8-,9+,14-/m0/s1. The molecule has 3 atom stereocenters. The van der Waals surface area contributed by atoms with Gasteiger partial charge in [0.1, 0.15) is 11.9 Å². The zero-order valence-corrected chi connectivity index (χ0v) is 12.8. The lowest BCUT2D eigenvalue weighted by atomic mass is 9.72. The predicted octanol–water partition coefficient (Wildman–Crippen LogP) is 2.28. The minimum atomic E-state index is -0.975. The smallest absolute Gasteiger partial charge is 0.327 e. The lowest BCUT2D eigenvalue weighted by Crippen LogP contribution is -2.32. The molecule has 1 aliphatic heterocycles. The quantitative estimate of drug-likeness (QED) is 0.823. The van der Waals surface area contributed by atoms with Gasteiger partial charge in [-0.25, -0.2) is 9.78 Å². The third-order valence-corrected chi connectivity index (χ3v) is 5.10. The zero-order chi connectivity index (χ0) is 16.3. The molecule has 7 heteroatoms. The molecule has 0 unspecified atom stereocenters. The molecule has 0 bridgehead atoms. The Balaban J connectivity index is 1.92. The number of nitrogens with two attached hydrogens (primary N) is 1. The van der Waals surface area contributed by atoms with E-state index >= 15 is 0 Å². The van der Waals surface area contributed by atoms with Crippen LogP contribution in [0.5, 0.6) is 0 Å². The highest BCUT2D eigenvalue weighted by molar-refractivity contribution is 6.31. The van der Waals surface area contributed by atoms with Crippen LogP contribution in [0.25, 0.3) is 11.3 Å². The molecule has 1 aliphatic carbocycles. The van der Waals surface area contributed by atoms with Gasteiger partial charge in [0.15, 0.2) is 0 Å². The number of hydrogen-bond donors (Lipinski definition) is 2. The Morgan fingerprint density at radius 2 is 2.13 bits per heavy atom. The van der Waals surface area contributed by atoms with Gasteiger partial charge >= 0.3 is 5.97 Å². The monoisotopic (exact) mass is 331 g/mol. The number of fused-ring (bicyclic) bond motifs is 3. The summed E-state index contributed by atoms with van der Waals surface area (Å²) in [5.74, 6) is -0.434. The average molecular weight is 332 g/mol. The van der Waals surface area contributed by atoms with Gasteiger partial charge in [0.05, 0.1) is 5.69 Å². The van der Waals surface area contributed by atoms with E-state index in [2.05, 4.69) is 4.98 Å². The van der Waals surface area contributed by atoms with Crippen LogP contribution in [0, 0.1) is 5.92 Å². The van der Waals surface area contributed by atoms with Gasteiger partial charge in [-0.1, -0.05) is 11.6 Å². The summed E-state index contributed by atoms with van der Waals surface area (Å²) in [5, 5.41) is 9.95. The fourth-order valence-electron chi connectivity index (χ4n) is 3.65. The molecule has 1 aromatic carbocycles. The first kappa shape index (κ1) is 14.3. The zero-order valence-electron chi connectivity index (χ0n) is 12.1. The molecule has 0 radical (unpaired) electrons. The van der Waals surface area contributed by atoms with Gasteiger partial charge in [0, 0.05) is 34.2 Å². The number of aromatic nitrogens is 2. The van der Waals surface area contributed by atoms with E-state index in [1.807, 2.05) is 0 Å². The third-order valence-electron chi connectivity index (χ3n) is 4.87. The first-order chi connectivity index (χ1) is 11.0. The van der Waals surface area contributed by atoms with Crippen LogP contribution in [-0.2, 0) is 4.79 Å². The van der Waals surface area contributed by atoms with Gasteiger partial charge in [-0.2, -0.15) is 0 Å². The lowest BCUT2D eigenvalue weighted by molar-refractivity contribution is -0.143. The van der Waals surface area contributed by atoms with Crippen LogP contribution in [0.3, 0.4) is 0 Å². The fourth-order valence-corrected chi connectivity index (χ4v) is 3.82. The Bertz CT molecular complexity index is 893. The highest BCUT2D eigenvalue weighted by Crippen LogP contribution is 2.53. The van der Waals surface area contributed by atoms with Gasteiger partial charge < -0.3 is 10.8 Å². The number of carbonyl (C=O) groups is 1. The van der Waals surface area contributed by atoms with E-state index in [0.29, 0.717) is 27.8 Å². The van der Waals surface area contributed by atoms with E-state index in [1.54, 1.807) is 18.2 Å². The molecular weight excluding hydrogens is 318 g/mol. The number of halogens is 1. The molecule has 118 valence electrons. The molecule has 1 aromatic heterocycles. The molecule has 2 heterocycles. The van der Waals surface area contributed by atoms with E-state index in [4.69, 9.17) is 17.3 Å². The third kappa shape index (κ3) is 1.98. The highest BCUT2D eigenvalue weighted by atomic mass is 35.5. The van der Waals surface area contributed by atoms with Crippen LogP contribution in [0.2, 0.25) is 5.02 Å². The summed E-state index contributed by atoms with van der Waals surface area (Å²) in [6, 6.07) is 5.53. The van der Waals surface area contributed by atoms with Crippen molar-refractivity contribution >= 4 is 23.3 Å². The normalized spacial score (nSPS) is 24.7. The number of hydrogen-bond acceptors (Lipinski definition) is 4. The maximum absolute atomic E-state index is 12.5. The number of carboxylic acid groups (broad SMARTS) is 1. The van der Waals surface area contributed by atoms with Gasteiger partial charge in [-0.15, -0.1) is 0 Å². The molecule has 0 saturated heterocycles. The molecule has 23 heavy (non-hydrogen) atoms. The largest absolute Gasteiger partial charge is 0.480 e. The first-order valence-electron chi connectivity index (χ1n) is 7.39. The summed E-state index contributed by atoms with van der Waals surface area (Å²) in [5.41, 5.74) is 7.12. The summed E-state index contributed by atoms with van der Waals surface area (Å²) >= 11 is 6.01. The van der Waals surface area contributed by atoms with Crippen molar-refractivity contribution in [2.75, 3.05) is 5.73 Å². The number of aliphatic carboxylic acids is 1. The Morgan fingerprint density at radius 3 is 2.78 bits per heavy atom. The number of carboxylic acids is 1. The SMILES string of the molecule is Nc1ccc(Cl)cc1-c1cc(=O)n2c(n1)[C@@H]1CC[C@@H]1[C@H]2C(=O)O. The lowest BCUT2D eigenvalue weighted by Gasteiger charge is -2.30. The summed E-state index contributed by atoms with van der Waals surface area (Å²) in [7, 11) is 0. The Morgan fingerprint density at radius 1 is 1.35 bits per heavy atom. The number of nitrogens with zero attached hydrogens (tertiary/aromatic N) is 2. The van der Waals surface area contributed by atoms with Crippen molar-refractivity contribution in [3.63, 3.8) is 0 Å². The summed E-state index contributed by atoms with van der Waals surface area (Å²) in [6.07, 6.45) is 1.66. The second-order valence-corrected chi connectivity index (χ2v) is 6.51. The molecular formula is C16H14ClN3O3. The second-order valence-electron chi connectivity index (χ2n) is 6.07. The number of rotatable bonds is 2. The maximum atomic E-state index is 12.5. The molecule has 4 rings (SSSR count). The molecule has 0 spiro atoms. The van der Waals surface area contributed by atoms with Crippen LogP contribution in [0.15, 0.2) is 29.1 Å². The van der Waals surface area contributed by atoms with E-state index < -0.39 is 12.0 Å². The molecule has 1 fully saturated rings. The summed E-state index contributed by atoms with van der Waals surface area (Å²) in [6.45, 7) is 0. The van der Waals surface area contributed by atoms with Crippen molar-refractivity contribution in [3.05, 3.63) is 45.5 Å². The molecule has 6 nitrogen and oxygen atoms in total. The predicted molar refractivity (Wildman–Crippen MR) is 85.5 cm³/mol. The van der Waals surface area contributed by atoms with Crippen LogP contribution in [0.1, 0.15) is 30.6 Å². The number of benzene rings is 1. The van der Waals surface area contributed by atoms with Crippen molar-refractivity contribution in [3.8, 4) is 11.3 Å². The van der Waals surface area contributed by atoms with Crippen LogP contribution >= 0.6 is 11.6 Å². The van der Waals surface area contributed by atoms with E-state index in [9.17, 15) is 14.7 Å². The Kier molecular flexibility index (Phi) is 2.99. The average Bonchev–Trinajstić information content (AvgIpc) is 2.68. The van der Waals surface area contributed by atoms with Crippen molar-refractivity contribution in [2.45, 2.75) is 24.8 Å². The van der Waals surface area contributed by atoms with Crippen molar-refractivity contribution in [1.82, 2.24) is 9.55 Å². The van der Waals surface area contributed by atoms with E-state index in [-0.39, 0.29) is 17.4 Å². The second kappa shape index (κ2) is 4.83. The Hall–Kier alpha value is -2.34. The topological polar surface area (TPSA) is 98.2 Å². The molecule has 1 saturated carbocycles. The molecule has 2 aliphatic rings. The highest BCUT2D eigenvalue weighted by Gasteiger charge is 2.51. The van der Waals surface area contributed by atoms with Crippen LogP contribution in [0.4, 0.5) is 5.69 Å².